The molecule has 0 unspecified atom stereocenters. The van der Waals surface area contributed by atoms with E-state index in [0.29, 0.717) is 5.69 Å². The van der Waals surface area contributed by atoms with Crippen molar-refractivity contribution < 1.29 is 9.53 Å². The van der Waals surface area contributed by atoms with Crippen LogP contribution in [0.15, 0.2) is 23.8 Å². The molecule has 0 N–H and O–H groups in total. The van der Waals surface area contributed by atoms with Crippen LogP contribution in [0, 0.1) is 0 Å². The normalized spacial score (nSPS) is 13.5. The molecule has 2 aromatic heterocycles. The number of carbonyl (C=O) groups excluding carboxylic acids is 1. The maximum Gasteiger partial charge on any atom is 0.356 e. The number of ether oxygens (including phenoxy) is 1. The van der Waals surface area contributed by atoms with E-state index in [0.717, 1.165) is 29.3 Å². The molecule has 1 aliphatic heterocycles. The largest absolute Gasteiger partial charge is 0.464 e. The third-order valence-electron chi connectivity index (χ3n) is 3.36. The van der Waals surface area contributed by atoms with Crippen LogP contribution < -0.4 is 4.90 Å². The molecule has 22 heavy (non-hydrogen) atoms. The Labute approximate surface area is 135 Å². The summed E-state index contributed by atoms with van der Waals surface area (Å²) in [4.78, 5) is 23.5. The Hall–Kier alpha value is -1.95. The highest BCUT2D eigenvalue weighted by Gasteiger charge is 2.18. The number of carbonyl (C=O) groups is 1. The fourth-order valence-electron chi connectivity index (χ4n) is 2.35. The van der Waals surface area contributed by atoms with Gasteiger partial charge in [0.1, 0.15) is 0 Å². The number of aromatic nitrogens is 2. The topological polar surface area (TPSA) is 55.3 Å². The van der Waals surface area contributed by atoms with Gasteiger partial charge in [-0.1, -0.05) is 13.8 Å². The Kier molecular flexibility index (Phi) is 5.89. The number of hydrogen-bond donors (Lipinski definition) is 0. The molecule has 1 saturated heterocycles. The highest BCUT2D eigenvalue weighted by atomic mass is 32.1. The molecule has 118 valence electrons. The fraction of sp³-hybridized carbons (Fsp3) is 0.438. The van der Waals surface area contributed by atoms with Crippen LogP contribution in [-0.4, -0.2) is 36.1 Å². The number of anilines is 1. The average molecular weight is 319 g/mol. The first kappa shape index (κ1) is 16.4. The predicted molar refractivity (Wildman–Crippen MR) is 89.5 cm³/mol. The highest BCUT2D eigenvalue weighted by molar-refractivity contribution is 7.13. The van der Waals surface area contributed by atoms with E-state index < -0.39 is 5.97 Å². The number of hydrogen-bond acceptors (Lipinski definition) is 6. The van der Waals surface area contributed by atoms with Crippen LogP contribution in [-0.2, 0) is 4.74 Å². The number of esters is 1. The number of pyridine rings is 1. The number of methoxy groups -OCH3 is 1. The van der Waals surface area contributed by atoms with Gasteiger partial charge in [-0.15, -0.1) is 11.3 Å². The van der Waals surface area contributed by atoms with Gasteiger partial charge >= 0.3 is 5.97 Å². The third kappa shape index (κ3) is 3.62. The molecular formula is C16H21N3O2S. The molecule has 0 amide bonds. The summed E-state index contributed by atoms with van der Waals surface area (Å²) in [7, 11) is 1.37. The summed E-state index contributed by atoms with van der Waals surface area (Å²) in [5, 5.41) is 0. The summed E-state index contributed by atoms with van der Waals surface area (Å²) < 4.78 is 4.79. The van der Waals surface area contributed by atoms with Gasteiger partial charge in [0.2, 0.25) is 0 Å². The van der Waals surface area contributed by atoms with Crippen molar-refractivity contribution >= 4 is 23.0 Å². The zero-order valence-electron chi connectivity index (χ0n) is 13.2. The Morgan fingerprint density at radius 2 is 2.00 bits per heavy atom. The molecule has 6 heteroatoms. The second-order valence-corrected chi connectivity index (χ2v) is 5.53. The lowest BCUT2D eigenvalue weighted by Crippen LogP contribution is -2.19. The zero-order valence-corrected chi connectivity index (χ0v) is 14.0. The van der Waals surface area contributed by atoms with Gasteiger partial charge in [0, 0.05) is 25.0 Å². The summed E-state index contributed by atoms with van der Waals surface area (Å²) in [6.45, 7) is 6.04. The second kappa shape index (κ2) is 7.89. The quantitative estimate of drug-likeness (QED) is 0.809. The van der Waals surface area contributed by atoms with E-state index in [1.165, 1.54) is 31.3 Å². The van der Waals surface area contributed by atoms with Crippen molar-refractivity contribution in [2.75, 3.05) is 25.1 Å². The number of thiazole rings is 1. The van der Waals surface area contributed by atoms with Crippen molar-refractivity contribution in [2.45, 2.75) is 26.7 Å². The zero-order chi connectivity index (χ0) is 15.9. The molecule has 0 radical (unpaired) electrons. The molecule has 3 rings (SSSR count). The van der Waals surface area contributed by atoms with Crippen LogP contribution in [0.25, 0.3) is 10.6 Å². The summed E-state index contributed by atoms with van der Waals surface area (Å²) in [5.41, 5.74) is 3.91. The molecule has 3 heterocycles. The average Bonchev–Trinajstić information content (AvgIpc) is 3.28. The molecule has 0 saturated carbocycles. The van der Waals surface area contributed by atoms with Crippen molar-refractivity contribution in [1.82, 2.24) is 9.97 Å². The standard InChI is InChI=1S/C14H15N3O2S.C2H6/c1-19-14(18)12-7-10(17-4-2-3-5-17)6-11(16-12)13-8-15-9-20-13;1-2/h6-9H,2-5H2,1H3;1-2H3. The van der Waals surface area contributed by atoms with E-state index in [4.69, 9.17) is 4.74 Å². The summed E-state index contributed by atoms with van der Waals surface area (Å²) in [6.07, 6.45) is 4.14. The maximum absolute atomic E-state index is 11.8. The van der Waals surface area contributed by atoms with Crippen molar-refractivity contribution in [3.8, 4) is 10.6 Å². The van der Waals surface area contributed by atoms with Crippen molar-refractivity contribution in [1.29, 1.82) is 0 Å². The van der Waals surface area contributed by atoms with Gasteiger partial charge in [-0.25, -0.2) is 9.78 Å². The summed E-state index contributed by atoms with van der Waals surface area (Å²) >= 11 is 1.51. The number of rotatable bonds is 3. The number of nitrogens with zero attached hydrogens (tertiary/aromatic N) is 3. The van der Waals surface area contributed by atoms with Gasteiger partial charge in [0.15, 0.2) is 5.69 Å². The molecule has 0 aromatic carbocycles. The third-order valence-corrected chi connectivity index (χ3v) is 4.16. The van der Waals surface area contributed by atoms with E-state index in [1.54, 1.807) is 11.7 Å². The smallest absolute Gasteiger partial charge is 0.356 e. The van der Waals surface area contributed by atoms with Gasteiger partial charge in [0.05, 0.1) is 23.2 Å². The van der Waals surface area contributed by atoms with E-state index in [1.807, 2.05) is 26.0 Å². The first-order chi connectivity index (χ1) is 10.8. The van der Waals surface area contributed by atoms with Gasteiger partial charge < -0.3 is 9.64 Å². The van der Waals surface area contributed by atoms with Crippen LogP contribution in [0.2, 0.25) is 0 Å². The molecule has 1 fully saturated rings. The molecule has 0 aliphatic carbocycles. The monoisotopic (exact) mass is 319 g/mol. The molecule has 1 aliphatic rings. The maximum atomic E-state index is 11.8. The fourth-order valence-corrected chi connectivity index (χ4v) is 2.93. The van der Waals surface area contributed by atoms with Gasteiger partial charge in [-0.05, 0) is 25.0 Å². The molecule has 0 atom stereocenters. The lowest BCUT2D eigenvalue weighted by molar-refractivity contribution is 0.0594. The minimum absolute atomic E-state index is 0.348. The SMILES string of the molecule is CC.COC(=O)c1cc(N2CCCC2)cc(-c2cncs2)n1. The molecule has 5 nitrogen and oxygen atoms in total. The van der Waals surface area contributed by atoms with Crippen LogP contribution in [0.1, 0.15) is 37.2 Å². The highest BCUT2D eigenvalue weighted by Crippen LogP contribution is 2.28. The molecule has 2 aromatic rings. The van der Waals surface area contributed by atoms with Crippen molar-refractivity contribution in [3.05, 3.63) is 29.5 Å². The van der Waals surface area contributed by atoms with Crippen molar-refractivity contribution in [3.63, 3.8) is 0 Å². The first-order valence-corrected chi connectivity index (χ1v) is 8.40. The van der Waals surface area contributed by atoms with E-state index >= 15 is 0 Å². The first-order valence-electron chi connectivity index (χ1n) is 7.52. The second-order valence-electron chi connectivity index (χ2n) is 4.65. The van der Waals surface area contributed by atoms with E-state index in [9.17, 15) is 4.79 Å². The minimum atomic E-state index is -0.406. The van der Waals surface area contributed by atoms with Gasteiger partial charge in [0.25, 0.3) is 0 Å². The van der Waals surface area contributed by atoms with Crippen LogP contribution in [0.5, 0.6) is 0 Å². The summed E-state index contributed by atoms with van der Waals surface area (Å²) in [5.74, 6) is -0.406. The minimum Gasteiger partial charge on any atom is -0.464 e. The van der Waals surface area contributed by atoms with E-state index in [2.05, 4.69) is 14.9 Å². The Morgan fingerprint density at radius 3 is 2.59 bits per heavy atom. The lowest BCUT2D eigenvalue weighted by atomic mass is 10.2. The predicted octanol–water partition coefficient (Wildman–Crippen LogP) is 3.62. The molecule has 0 bridgehead atoms. The Morgan fingerprint density at radius 1 is 1.27 bits per heavy atom. The van der Waals surface area contributed by atoms with Crippen LogP contribution >= 0.6 is 11.3 Å². The molecule has 0 spiro atoms. The van der Waals surface area contributed by atoms with E-state index in [-0.39, 0.29) is 0 Å². The van der Waals surface area contributed by atoms with Crippen LogP contribution in [0.3, 0.4) is 0 Å². The Balaban J connectivity index is 0.000000847. The van der Waals surface area contributed by atoms with Gasteiger partial charge in [-0.2, -0.15) is 0 Å². The van der Waals surface area contributed by atoms with Crippen LogP contribution in [0.4, 0.5) is 5.69 Å². The summed E-state index contributed by atoms with van der Waals surface area (Å²) in [6, 6.07) is 3.83. The lowest BCUT2D eigenvalue weighted by Gasteiger charge is -2.18. The van der Waals surface area contributed by atoms with Crippen molar-refractivity contribution in [2.24, 2.45) is 0 Å². The van der Waals surface area contributed by atoms with Gasteiger partial charge in [-0.3, -0.25) is 4.98 Å². The molecular weight excluding hydrogens is 298 g/mol. The Bertz CT molecular complexity index is 608.